The summed E-state index contributed by atoms with van der Waals surface area (Å²) in [6.45, 7) is 6.10. The Morgan fingerprint density at radius 3 is 1.78 bits per heavy atom. The van der Waals surface area contributed by atoms with Gasteiger partial charge in [-0.15, -0.1) is 0 Å². The van der Waals surface area contributed by atoms with Crippen LogP contribution < -0.4 is 16.4 Å². The van der Waals surface area contributed by atoms with Gasteiger partial charge in [-0.3, -0.25) is 9.59 Å². The summed E-state index contributed by atoms with van der Waals surface area (Å²) in [5, 5.41) is 12.8. The number of carbonyl (C=O) groups excluding carboxylic acids is 2. The lowest BCUT2D eigenvalue weighted by Gasteiger charge is -2.34. The number of nitrogens with two attached hydrogens (primary N) is 1. The van der Waals surface area contributed by atoms with Crippen molar-refractivity contribution in [3.63, 3.8) is 0 Å². The van der Waals surface area contributed by atoms with E-state index >= 15 is 0 Å². The largest absolute Gasteiger partial charge is 0.465 e. The van der Waals surface area contributed by atoms with Crippen LogP contribution in [0.25, 0.3) is 0 Å². The molecule has 10 nitrogen and oxygen atoms in total. The van der Waals surface area contributed by atoms with Gasteiger partial charge in [-0.2, -0.15) is 0 Å². The van der Waals surface area contributed by atoms with Gasteiger partial charge in [0.2, 0.25) is 17.6 Å². The Morgan fingerprint density at radius 2 is 1.38 bits per heavy atom. The minimum absolute atomic E-state index is 0.203. The van der Waals surface area contributed by atoms with E-state index in [1.807, 2.05) is 0 Å². The molecule has 210 valence electrons. The summed E-state index contributed by atoms with van der Waals surface area (Å²) in [5.74, 6) is -13.4. The van der Waals surface area contributed by atoms with Gasteiger partial charge >= 0.3 is 6.09 Å². The van der Waals surface area contributed by atoms with E-state index < -0.39 is 89.9 Å². The van der Waals surface area contributed by atoms with E-state index in [1.54, 1.807) is 33.0 Å². The molecule has 0 saturated carbocycles. The van der Waals surface area contributed by atoms with E-state index in [0.717, 1.165) is 4.90 Å². The van der Waals surface area contributed by atoms with Gasteiger partial charge in [0.15, 0.2) is 29.6 Å². The van der Waals surface area contributed by atoms with Crippen molar-refractivity contribution < 1.29 is 50.9 Å². The molecule has 0 radical (unpaired) electrons. The summed E-state index contributed by atoms with van der Waals surface area (Å²) >= 11 is 0. The monoisotopic (exact) mass is 542 g/mol. The lowest BCUT2D eigenvalue weighted by atomic mass is 10.0. The number of rotatable bonds is 14. The number of amides is 3. The number of benzene rings is 1. The molecular weight excluding hydrogens is 511 g/mol. The zero-order chi connectivity index (χ0) is 28.4. The zero-order valence-corrected chi connectivity index (χ0v) is 20.7. The SMILES string of the molecule is CCOC(CN(C(=O)C(Cc1c(F)c(F)c(F)c(F)c1F)NC(=O)C(CN)NC(=O)O)C(C)C)OCC. The second-order valence-corrected chi connectivity index (χ2v) is 7.98. The molecule has 2 atom stereocenters. The van der Waals surface area contributed by atoms with Gasteiger partial charge in [0, 0.05) is 37.8 Å². The Labute approximate surface area is 210 Å². The van der Waals surface area contributed by atoms with Crippen molar-refractivity contribution in [3.8, 4) is 0 Å². The van der Waals surface area contributed by atoms with E-state index in [-0.39, 0.29) is 19.8 Å². The summed E-state index contributed by atoms with van der Waals surface area (Å²) in [7, 11) is 0. The van der Waals surface area contributed by atoms with Crippen LogP contribution in [0.4, 0.5) is 26.7 Å². The van der Waals surface area contributed by atoms with E-state index in [0.29, 0.717) is 0 Å². The first-order chi connectivity index (χ1) is 17.3. The Kier molecular flexibility index (Phi) is 12.7. The maximum atomic E-state index is 14.4. The van der Waals surface area contributed by atoms with E-state index in [9.17, 15) is 36.3 Å². The van der Waals surface area contributed by atoms with Crippen LogP contribution in [0.1, 0.15) is 33.3 Å². The first-order valence-corrected chi connectivity index (χ1v) is 11.3. The molecule has 5 N–H and O–H groups in total. The number of hydrogen-bond donors (Lipinski definition) is 4. The van der Waals surface area contributed by atoms with Crippen molar-refractivity contribution in [2.24, 2.45) is 5.73 Å². The van der Waals surface area contributed by atoms with Crippen LogP contribution in [0.2, 0.25) is 0 Å². The van der Waals surface area contributed by atoms with Crippen molar-refractivity contribution in [1.29, 1.82) is 0 Å². The zero-order valence-electron chi connectivity index (χ0n) is 20.7. The molecule has 2 unspecified atom stereocenters. The van der Waals surface area contributed by atoms with Gasteiger partial charge < -0.3 is 35.8 Å². The summed E-state index contributed by atoms with van der Waals surface area (Å²) < 4.78 is 80.8. The molecule has 0 aliphatic heterocycles. The summed E-state index contributed by atoms with van der Waals surface area (Å²) in [4.78, 5) is 38.2. The second-order valence-electron chi connectivity index (χ2n) is 7.98. The fourth-order valence-electron chi connectivity index (χ4n) is 3.33. The predicted molar refractivity (Wildman–Crippen MR) is 120 cm³/mol. The minimum Gasteiger partial charge on any atom is -0.465 e. The molecule has 0 aromatic heterocycles. The number of nitrogens with one attached hydrogen (secondary N) is 2. The average Bonchev–Trinajstić information content (AvgIpc) is 2.84. The lowest BCUT2D eigenvalue weighted by Crippen LogP contribution is -2.58. The van der Waals surface area contributed by atoms with Crippen molar-refractivity contribution in [2.45, 2.75) is 58.5 Å². The molecule has 0 bridgehead atoms. The highest BCUT2D eigenvalue weighted by atomic mass is 19.2. The van der Waals surface area contributed by atoms with Crippen molar-refractivity contribution in [1.82, 2.24) is 15.5 Å². The molecule has 1 rings (SSSR count). The maximum Gasteiger partial charge on any atom is 0.405 e. The topological polar surface area (TPSA) is 143 Å². The molecule has 0 saturated heterocycles. The van der Waals surface area contributed by atoms with E-state index in [4.69, 9.17) is 20.3 Å². The minimum atomic E-state index is -2.39. The van der Waals surface area contributed by atoms with Gasteiger partial charge in [0.05, 0.1) is 6.54 Å². The fraction of sp³-hybridized carbons (Fsp3) is 0.591. The highest BCUT2D eigenvalue weighted by Gasteiger charge is 2.35. The molecular formula is C22H31F5N4O6. The lowest BCUT2D eigenvalue weighted by molar-refractivity contribution is -0.163. The summed E-state index contributed by atoms with van der Waals surface area (Å²) in [6.07, 6.45) is -3.72. The Bertz CT molecular complexity index is 933. The third-order valence-corrected chi connectivity index (χ3v) is 5.13. The van der Waals surface area contributed by atoms with Crippen LogP contribution in [0, 0.1) is 29.1 Å². The van der Waals surface area contributed by atoms with Crippen molar-refractivity contribution in [3.05, 3.63) is 34.6 Å². The van der Waals surface area contributed by atoms with Gasteiger partial charge in [-0.25, -0.2) is 26.7 Å². The van der Waals surface area contributed by atoms with Gasteiger partial charge in [-0.1, -0.05) is 0 Å². The number of ether oxygens (including phenoxy) is 2. The number of nitrogens with zero attached hydrogens (tertiary/aromatic N) is 1. The van der Waals surface area contributed by atoms with Crippen LogP contribution in [0.3, 0.4) is 0 Å². The average molecular weight is 543 g/mol. The first kappa shape index (κ1) is 32.0. The number of halogens is 5. The van der Waals surface area contributed by atoms with Crippen LogP contribution in [0.15, 0.2) is 0 Å². The molecule has 0 spiro atoms. The summed E-state index contributed by atoms with van der Waals surface area (Å²) in [5.41, 5.74) is 4.05. The third-order valence-electron chi connectivity index (χ3n) is 5.13. The van der Waals surface area contributed by atoms with E-state index in [1.165, 1.54) is 0 Å². The molecule has 1 aromatic carbocycles. The van der Waals surface area contributed by atoms with Crippen molar-refractivity contribution >= 4 is 17.9 Å². The maximum absolute atomic E-state index is 14.4. The first-order valence-electron chi connectivity index (χ1n) is 11.3. The molecule has 0 heterocycles. The van der Waals surface area contributed by atoms with Crippen LogP contribution >= 0.6 is 0 Å². The Balaban J connectivity index is 3.50. The molecule has 0 aliphatic carbocycles. The molecule has 0 aliphatic rings. The Hall–Kier alpha value is -3.04. The molecule has 37 heavy (non-hydrogen) atoms. The third kappa shape index (κ3) is 8.50. The smallest absolute Gasteiger partial charge is 0.405 e. The van der Waals surface area contributed by atoms with Crippen LogP contribution in [-0.4, -0.2) is 78.6 Å². The van der Waals surface area contributed by atoms with Crippen LogP contribution in [-0.2, 0) is 25.5 Å². The molecule has 0 fully saturated rings. The highest BCUT2D eigenvalue weighted by molar-refractivity contribution is 5.91. The number of carboxylic acid groups (broad SMARTS) is 1. The van der Waals surface area contributed by atoms with Gasteiger partial charge in [0.1, 0.15) is 12.1 Å². The second kappa shape index (κ2) is 14.6. The highest BCUT2D eigenvalue weighted by Crippen LogP contribution is 2.25. The molecule has 15 heteroatoms. The standard InChI is InChI=1S/C22H31F5N4O6/c1-5-36-14(37-6-2)9-31(10(3)4)21(33)12(29-20(32)13(8-28)30-22(34)35)7-11-15(23)17(25)19(27)18(26)16(11)24/h10,12-14,30H,5-9,28H2,1-4H3,(H,29,32)(H,34,35). The van der Waals surface area contributed by atoms with E-state index in [2.05, 4.69) is 5.32 Å². The fourth-order valence-corrected chi connectivity index (χ4v) is 3.33. The summed E-state index contributed by atoms with van der Waals surface area (Å²) in [6, 6.07) is -4.08. The quantitative estimate of drug-likeness (QED) is 0.121. The number of hydrogen-bond acceptors (Lipinski definition) is 6. The molecule has 1 aromatic rings. The number of carbonyl (C=O) groups is 3. The van der Waals surface area contributed by atoms with Crippen molar-refractivity contribution in [2.75, 3.05) is 26.3 Å². The van der Waals surface area contributed by atoms with Crippen LogP contribution in [0.5, 0.6) is 0 Å². The van der Waals surface area contributed by atoms with Gasteiger partial charge in [-0.05, 0) is 27.7 Å². The normalized spacial score (nSPS) is 13.0. The molecule has 3 amide bonds. The predicted octanol–water partition coefficient (Wildman–Crippen LogP) is 1.64. The Morgan fingerprint density at radius 1 is 0.892 bits per heavy atom. The van der Waals surface area contributed by atoms with Gasteiger partial charge in [0.25, 0.3) is 0 Å².